The first-order valence-electron chi connectivity index (χ1n) is 18.9. The van der Waals surface area contributed by atoms with Crippen LogP contribution in [0.3, 0.4) is 0 Å². The van der Waals surface area contributed by atoms with Crippen LogP contribution in [0.15, 0.2) is 72.6 Å². The van der Waals surface area contributed by atoms with Crippen LogP contribution >= 0.6 is 11.6 Å². The lowest BCUT2D eigenvalue weighted by Gasteiger charge is -2.44. The molecule has 7 rings (SSSR count). The number of piperazine rings is 2. The van der Waals surface area contributed by atoms with Gasteiger partial charge in [0.2, 0.25) is 0 Å². The molecular formula is C42H51ClN6O5. The van der Waals surface area contributed by atoms with Gasteiger partial charge in [0, 0.05) is 93.8 Å². The second-order valence-corrected chi connectivity index (χ2v) is 16.7. The maximum absolute atomic E-state index is 12.7. The number of aromatic nitrogens is 2. The summed E-state index contributed by atoms with van der Waals surface area (Å²) in [6.07, 6.45) is 6.31. The highest BCUT2D eigenvalue weighted by atomic mass is 35.5. The third-order valence-electron chi connectivity index (χ3n) is 10.8. The lowest BCUT2D eigenvalue weighted by Crippen LogP contribution is -2.52. The summed E-state index contributed by atoms with van der Waals surface area (Å²) in [5.41, 5.74) is 5.58. The second kappa shape index (κ2) is 15.6. The Kier molecular flexibility index (Phi) is 10.9. The number of nitrogens with zero attached hydrogens (tertiary/aromatic N) is 5. The average Bonchev–Trinajstić information content (AvgIpc) is 3.60. The highest BCUT2D eigenvalue weighted by molar-refractivity contribution is 6.30. The summed E-state index contributed by atoms with van der Waals surface area (Å²) in [4.78, 5) is 41.5. The van der Waals surface area contributed by atoms with E-state index in [4.69, 9.17) is 21.1 Å². The molecule has 286 valence electrons. The standard InChI is InChI=1S/C42H51ClN6O5/c1-41(2,3)54-40(52)49-21-17-47(18-22-49)28-42(4)13-11-35(29-5-7-32(43)8-6-29)31(25-42)27-46-15-19-48(20-16-46)33-9-10-36(39(50)51)37(24-33)53-34-23-30-12-14-44-38(30)45-26-34/h5-10,12,14,23-24,26H,11,13,15-22,25,27-28H2,1-4H3,(H,44,45)(H,50,51). The van der Waals surface area contributed by atoms with Crippen LogP contribution < -0.4 is 9.64 Å². The van der Waals surface area contributed by atoms with Crippen molar-refractivity contribution in [3.05, 3.63) is 88.7 Å². The van der Waals surface area contributed by atoms with E-state index in [0.717, 1.165) is 93.4 Å². The second-order valence-electron chi connectivity index (χ2n) is 16.3. The molecule has 0 saturated carbocycles. The maximum atomic E-state index is 12.7. The average molecular weight is 755 g/mol. The summed E-state index contributed by atoms with van der Waals surface area (Å²) in [5.74, 6) is -0.257. The predicted molar refractivity (Wildman–Crippen MR) is 213 cm³/mol. The number of hydrogen-bond donors (Lipinski definition) is 2. The lowest BCUT2D eigenvalue weighted by atomic mass is 9.71. The number of carbonyl (C=O) groups is 2. The summed E-state index contributed by atoms with van der Waals surface area (Å²) >= 11 is 6.31. The fourth-order valence-electron chi connectivity index (χ4n) is 8.06. The van der Waals surface area contributed by atoms with Gasteiger partial charge in [0.25, 0.3) is 0 Å². The minimum atomic E-state index is -1.04. The number of anilines is 1. The molecular weight excluding hydrogens is 704 g/mol. The van der Waals surface area contributed by atoms with Crippen LogP contribution in [0.25, 0.3) is 16.6 Å². The minimum Gasteiger partial charge on any atom is -0.478 e. The molecule has 0 bridgehead atoms. The summed E-state index contributed by atoms with van der Waals surface area (Å²) < 4.78 is 11.8. The predicted octanol–water partition coefficient (Wildman–Crippen LogP) is 8.03. The molecule has 2 fully saturated rings. The zero-order valence-corrected chi connectivity index (χ0v) is 32.5. The number of pyridine rings is 1. The van der Waals surface area contributed by atoms with Gasteiger partial charge in [-0.1, -0.05) is 36.2 Å². The first-order valence-corrected chi connectivity index (χ1v) is 19.3. The van der Waals surface area contributed by atoms with Crippen LogP contribution in [0.2, 0.25) is 5.02 Å². The number of aromatic carboxylic acids is 1. The molecule has 3 aliphatic rings. The van der Waals surface area contributed by atoms with Gasteiger partial charge in [-0.2, -0.15) is 0 Å². The van der Waals surface area contributed by atoms with Crippen molar-refractivity contribution in [1.82, 2.24) is 24.7 Å². The molecule has 1 unspecified atom stereocenters. The number of carboxylic acids is 1. The van der Waals surface area contributed by atoms with Crippen molar-refractivity contribution in [3.63, 3.8) is 0 Å². The van der Waals surface area contributed by atoms with Gasteiger partial charge in [-0.15, -0.1) is 0 Å². The zero-order chi connectivity index (χ0) is 38.0. The Morgan fingerprint density at radius 3 is 2.37 bits per heavy atom. The fourth-order valence-corrected chi connectivity index (χ4v) is 8.19. The monoisotopic (exact) mass is 754 g/mol. The van der Waals surface area contributed by atoms with E-state index in [0.29, 0.717) is 24.6 Å². The number of hydrogen-bond acceptors (Lipinski definition) is 8. The number of carboxylic acid groups (broad SMARTS) is 1. The number of nitrogens with one attached hydrogen (secondary N) is 1. The van der Waals surface area contributed by atoms with E-state index in [1.54, 1.807) is 12.3 Å². The number of benzene rings is 2. The van der Waals surface area contributed by atoms with Crippen LogP contribution in [-0.2, 0) is 4.74 Å². The first kappa shape index (κ1) is 37.7. The van der Waals surface area contributed by atoms with E-state index in [9.17, 15) is 14.7 Å². The van der Waals surface area contributed by atoms with Crippen LogP contribution in [0, 0.1) is 5.41 Å². The van der Waals surface area contributed by atoms with Crippen molar-refractivity contribution in [2.75, 3.05) is 70.3 Å². The Morgan fingerprint density at radius 2 is 1.67 bits per heavy atom. The number of carbonyl (C=O) groups excluding carboxylic acids is 1. The third kappa shape index (κ3) is 9.02. The number of aromatic amines is 1. The van der Waals surface area contributed by atoms with Crippen LogP contribution in [-0.4, -0.2) is 113 Å². The molecule has 11 nitrogen and oxygen atoms in total. The molecule has 1 atom stereocenters. The van der Waals surface area contributed by atoms with E-state index in [-0.39, 0.29) is 17.1 Å². The first-order chi connectivity index (χ1) is 25.8. The quantitative estimate of drug-likeness (QED) is 0.175. The van der Waals surface area contributed by atoms with Crippen molar-refractivity contribution in [1.29, 1.82) is 0 Å². The van der Waals surface area contributed by atoms with Crippen molar-refractivity contribution in [3.8, 4) is 11.5 Å². The van der Waals surface area contributed by atoms with Crippen LogP contribution in [0.1, 0.15) is 62.9 Å². The van der Waals surface area contributed by atoms with Crippen LogP contribution in [0.5, 0.6) is 11.5 Å². The number of amides is 1. The molecule has 2 N–H and O–H groups in total. The Labute approximate surface area is 322 Å². The lowest BCUT2D eigenvalue weighted by molar-refractivity contribution is 0.0104. The van der Waals surface area contributed by atoms with Gasteiger partial charge in [0.05, 0.1) is 6.20 Å². The van der Waals surface area contributed by atoms with E-state index in [2.05, 4.69) is 43.7 Å². The third-order valence-corrected chi connectivity index (χ3v) is 11.1. The Bertz CT molecular complexity index is 2010. The number of ether oxygens (including phenoxy) is 2. The number of rotatable bonds is 9. The minimum absolute atomic E-state index is 0.110. The molecule has 4 aromatic rings. The Morgan fingerprint density at radius 1 is 0.944 bits per heavy atom. The van der Waals surface area contributed by atoms with Gasteiger partial charge in [-0.3, -0.25) is 9.80 Å². The van der Waals surface area contributed by atoms with Crippen LogP contribution in [0.4, 0.5) is 10.5 Å². The highest BCUT2D eigenvalue weighted by Gasteiger charge is 2.36. The molecule has 2 aliphatic heterocycles. The maximum Gasteiger partial charge on any atom is 0.410 e. The summed E-state index contributed by atoms with van der Waals surface area (Å²) in [7, 11) is 0. The molecule has 0 radical (unpaired) electrons. The number of H-pyrrole nitrogens is 1. The molecule has 1 aliphatic carbocycles. The molecule has 2 aromatic carbocycles. The Hall–Kier alpha value is -4.58. The van der Waals surface area contributed by atoms with Crippen molar-refractivity contribution in [2.45, 2.75) is 52.6 Å². The van der Waals surface area contributed by atoms with Gasteiger partial charge in [-0.05, 0) is 93.0 Å². The molecule has 0 spiro atoms. The largest absolute Gasteiger partial charge is 0.478 e. The van der Waals surface area contributed by atoms with Crippen molar-refractivity contribution in [2.24, 2.45) is 5.41 Å². The molecule has 2 saturated heterocycles. The molecule has 1 amide bonds. The summed E-state index contributed by atoms with van der Waals surface area (Å²) in [5, 5.41) is 11.6. The highest BCUT2D eigenvalue weighted by Crippen LogP contribution is 2.44. The fraction of sp³-hybridized carbons (Fsp3) is 0.452. The van der Waals surface area contributed by atoms with Gasteiger partial charge in [0.1, 0.15) is 28.3 Å². The summed E-state index contributed by atoms with van der Waals surface area (Å²) in [6, 6.07) is 17.4. The van der Waals surface area contributed by atoms with E-state index < -0.39 is 11.6 Å². The Balaban J connectivity index is 1.02. The molecule has 12 heteroatoms. The van der Waals surface area contributed by atoms with Gasteiger partial charge in [-0.25, -0.2) is 14.6 Å². The molecule has 4 heterocycles. The van der Waals surface area contributed by atoms with Gasteiger partial charge in [0.15, 0.2) is 0 Å². The number of halogens is 1. The SMILES string of the molecule is CC1(CN2CCN(C(=O)OC(C)(C)C)CC2)CCC(c2ccc(Cl)cc2)=C(CN2CCN(c3ccc(C(=O)O)c(Oc4cnc5[nH]ccc5c4)c3)CC2)C1. The van der Waals surface area contributed by atoms with Crippen molar-refractivity contribution >= 4 is 46.0 Å². The van der Waals surface area contributed by atoms with E-state index >= 15 is 0 Å². The van der Waals surface area contributed by atoms with Gasteiger partial charge < -0.3 is 29.4 Å². The smallest absolute Gasteiger partial charge is 0.410 e. The topological polar surface area (TPSA) is 114 Å². The molecule has 54 heavy (non-hydrogen) atoms. The number of allylic oxidation sites excluding steroid dienone is 1. The summed E-state index contributed by atoms with van der Waals surface area (Å²) in [6.45, 7) is 16.5. The zero-order valence-electron chi connectivity index (χ0n) is 31.7. The van der Waals surface area contributed by atoms with Crippen molar-refractivity contribution < 1.29 is 24.2 Å². The van der Waals surface area contributed by atoms with E-state index in [1.165, 1.54) is 16.7 Å². The van der Waals surface area contributed by atoms with E-state index in [1.807, 2.05) is 68.3 Å². The van der Waals surface area contributed by atoms with Gasteiger partial charge >= 0.3 is 12.1 Å². The number of fused-ring (bicyclic) bond motifs is 1. The molecule has 2 aromatic heterocycles. The normalized spacial score (nSPS) is 20.4.